The zero-order chi connectivity index (χ0) is 48.7. The average molecular weight is 899 g/mol. The SMILES string of the molecule is Cc1cc(C)c(-c2cc3c4c(c2)N(c2ccc(C(C)(C)C)cc2-c2ccccc2)c2ccc5c(c2B4N(c2ccc(C(C)(C)C)cc2)c2ccc(C(C)(C)C)cc2-3)C(C)(C)c2ccccc2-5)c(C)c1. The summed E-state index contributed by atoms with van der Waals surface area (Å²) in [6.07, 6.45) is 0. The minimum Gasteiger partial charge on any atom is -0.376 e. The van der Waals surface area contributed by atoms with Crippen LogP contribution in [0, 0.1) is 20.8 Å². The molecule has 1 aliphatic carbocycles. The van der Waals surface area contributed by atoms with Gasteiger partial charge in [0, 0.05) is 39.3 Å². The van der Waals surface area contributed by atoms with Gasteiger partial charge in [0.05, 0.1) is 5.69 Å². The van der Waals surface area contributed by atoms with E-state index in [9.17, 15) is 0 Å². The topological polar surface area (TPSA) is 6.48 Å². The molecule has 8 aromatic rings. The fraction of sp³-hybridized carbons (Fsp3) is 0.273. The van der Waals surface area contributed by atoms with Gasteiger partial charge in [0.1, 0.15) is 0 Å². The van der Waals surface area contributed by atoms with Gasteiger partial charge in [-0.1, -0.05) is 179 Å². The molecule has 11 rings (SSSR count). The maximum absolute atomic E-state index is 2.72. The maximum atomic E-state index is 2.72. The molecule has 3 aliphatic rings. The predicted octanol–water partition coefficient (Wildman–Crippen LogP) is 16.9. The summed E-state index contributed by atoms with van der Waals surface area (Å²) in [7, 11) is 0. The molecule has 0 atom stereocenters. The number of nitrogens with zero attached hydrogens (tertiary/aromatic N) is 2. The third-order valence-corrected chi connectivity index (χ3v) is 15.8. The van der Waals surface area contributed by atoms with Crippen molar-refractivity contribution in [3.8, 4) is 44.5 Å². The maximum Gasteiger partial charge on any atom is 0.333 e. The fourth-order valence-electron chi connectivity index (χ4n) is 12.3. The standard InChI is InChI=1S/C66H67BN2/c1-40-34-41(2)59(42(3)35-40)44-36-53-52-39-47(65(10,11)12)27-32-56(52)69(48-28-24-45(25-29-48)63(4,5)6)67-61(53)58(37-44)68(55-31-26-46(64(7,8)9)38-51(55)43-20-16-15-17-21-43)57-33-30-50-49-22-18-19-23-54(49)66(13,14)60(50)62(57)67/h15-39H,1-14H3. The summed E-state index contributed by atoms with van der Waals surface area (Å²) in [6.45, 7) is 32.6. The quantitative estimate of drug-likeness (QED) is 0.162. The predicted molar refractivity (Wildman–Crippen MR) is 299 cm³/mol. The van der Waals surface area contributed by atoms with E-state index in [0.717, 1.165) is 0 Å². The van der Waals surface area contributed by atoms with E-state index in [2.05, 4.69) is 258 Å². The van der Waals surface area contributed by atoms with Crippen LogP contribution in [-0.2, 0) is 21.7 Å². The number of benzene rings is 8. The second kappa shape index (κ2) is 15.5. The Labute approximate surface area is 413 Å². The minimum absolute atomic E-state index is 0.0237. The molecule has 8 aromatic carbocycles. The molecular weight excluding hydrogens is 832 g/mol. The first-order valence-corrected chi connectivity index (χ1v) is 25.2. The summed E-state index contributed by atoms with van der Waals surface area (Å²) in [6, 6.07) is 59.2. The Morgan fingerprint density at radius 1 is 0.420 bits per heavy atom. The number of rotatable bonds is 4. The molecule has 69 heavy (non-hydrogen) atoms. The summed E-state index contributed by atoms with van der Waals surface area (Å²) < 4.78 is 0. The highest BCUT2D eigenvalue weighted by molar-refractivity contribution is 6.94. The Morgan fingerprint density at radius 3 is 1.62 bits per heavy atom. The molecule has 0 aromatic heterocycles. The van der Waals surface area contributed by atoms with E-state index in [1.807, 2.05) is 0 Å². The molecule has 0 spiro atoms. The molecule has 2 nitrogen and oxygen atoms in total. The molecule has 3 heteroatoms. The molecule has 344 valence electrons. The Morgan fingerprint density at radius 2 is 0.986 bits per heavy atom. The summed E-state index contributed by atoms with van der Waals surface area (Å²) >= 11 is 0. The van der Waals surface area contributed by atoms with Crippen LogP contribution >= 0.6 is 0 Å². The average Bonchev–Trinajstić information content (AvgIpc) is 3.53. The lowest BCUT2D eigenvalue weighted by atomic mass is 9.41. The highest BCUT2D eigenvalue weighted by Gasteiger charge is 2.51. The zero-order valence-corrected chi connectivity index (χ0v) is 43.4. The lowest BCUT2D eigenvalue weighted by Gasteiger charge is -2.48. The van der Waals surface area contributed by atoms with Crippen LogP contribution in [-0.4, -0.2) is 6.85 Å². The lowest BCUT2D eigenvalue weighted by Crippen LogP contribution is -2.63. The summed E-state index contributed by atoms with van der Waals surface area (Å²) in [5.41, 5.74) is 29.5. The van der Waals surface area contributed by atoms with Gasteiger partial charge in [0.25, 0.3) is 0 Å². The van der Waals surface area contributed by atoms with Crippen LogP contribution < -0.4 is 20.6 Å². The van der Waals surface area contributed by atoms with E-state index < -0.39 is 0 Å². The van der Waals surface area contributed by atoms with Crippen LogP contribution in [0.1, 0.15) is 121 Å². The highest BCUT2D eigenvalue weighted by atomic mass is 15.2. The van der Waals surface area contributed by atoms with Gasteiger partial charge in [0.15, 0.2) is 0 Å². The molecule has 0 N–H and O–H groups in total. The van der Waals surface area contributed by atoms with Gasteiger partial charge in [-0.05, 0) is 175 Å². The van der Waals surface area contributed by atoms with E-state index in [4.69, 9.17) is 0 Å². The van der Waals surface area contributed by atoms with Crippen LogP contribution in [0.25, 0.3) is 44.5 Å². The zero-order valence-electron chi connectivity index (χ0n) is 43.4. The molecular formula is C66H67BN2. The van der Waals surface area contributed by atoms with Crippen molar-refractivity contribution in [3.63, 3.8) is 0 Å². The van der Waals surface area contributed by atoms with Crippen molar-refractivity contribution in [1.29, 1.82) is 0 Å². The Balaban J connectivity index is 1.34. The van der Waals surface area contributed by atoms with Crippen LogP contribution in [0.4, 0.5) is 28.4 Å². The number of fused-ring (bicyclic) bond motifs is 8. The molecule has 0 fully saturated rings. The van der Waals surface area contributed by atoms with Gasteiger partial charge >= 0.3 is 6.85 Å². The van der Waals surface area contributed by atoms with E-state index in [0.29, 0.717) is 0 Å². The van der Waals surface area contributed by atoms with Crippen molar-refractivity contribution in [2.45, 2.75) is 119 Å². The first-order valence-electron chi connectivity index (χ1n) is 25.2. The van der Waals surface area contributed by atoms with Crippen molar-refractivity contribution in [2.75, 3.05) is 9.71 Å². The third kappa shape index (κ3) is 7.05. The summed E-state index contributed by atoms with van der Waals surface area (Å²) in [5.74, 6) is 0. The first kappa shape index (κ1) is 44.9. The normalized spacial score (nSPS) is 14.6. The van der Waals surface area contributed by atoms with Gasteiger partial charge in [-0.2, -0.15) is 0 Å². The first-order chi connectivity index (χ1) is 32.6. The monoisotopic (exact) mass is 899 g/mol. The number of aryl methyl sites for hydroxylation is 3. The van der Waals surface area contributed by atoms with E-state index in [1.165, 1.54) is 128 Å². The molecule has 2 heterocycles. The highest BCUT2D eigenvalue weighted by Crippen LogP contribution is 2.55. The molecule has 0 bridgehead atoms. The molecule has 0 saturated carbocycles. The minimum atomic E-state index is -0.271. The van der Waals surface area contributed by atoms with Crippen molar-refractivity contribution in [1.82, 2.24) is 0 Å². The van der Waals surface area contributed by atoms with Crippen molar-refractivity contribution in [3.05, 3.63) is 196 Å². The van der Waals surface area contributed by atoms with Gasteiger partial charge in [0.2, 0.25) is 0 Å². The third-order valence-electron chi connectivity index (χ3n) is 15.8. The second-order valence-electron chi connectivity index (χ2n) is 24.1. The summed E-state index contributed by atoms with van der Waals surface area (Å²) in [4.78, 5) is 5.40. The van der Waals surface area contributed by atoms with Crippen molar-refractivity contribution >= 4 is 46.2 Å². The van der Waals surface area contributed by atoms with Crippen LogP contribution in [0.2, 0.25) is 0 Å². The van der Waals surface area contributed by atoms with Gasteiger partial charge < -0.3 is 9.71 Å². The largest absolute Gasteiger partial charge is 0.376 e. The molecule has 0 radical (unpaired) electrons. The second-order valence-corrected chi connectivity index (χ2v) is 24.1. The Bertz CT molecular complexity index is 3360. The van der Waals surface area contributed by atoms with Gasteiger partial charge in [-0.25, -0.2) is 0 Å². The number of hydrogen-bond acceptors (Lipinski definition) is 2. The smallest absolute Gasteiger partial charge is 0.333 e. The van der Waals surface area contributed by atoms with Crippen LogP contribution in [0.3, 0.4) is 0 Å². The van der Waals surface area contributed by atoms with E-state index in [-0.39, 0.29) is 28.5 Å². The number of hydrogen-bond donors (Lipinski definition) is 0. The molecule has 0 saturated heterocycles. The van der Waals surface area contributed by atoms with Gasteiger partial charge in [-0.3, -0.25) is 0 Å². The van der Waals surface area contributed by atoms with Crippen molar-refractivity contribution in [2.24, 2.45) is 0 Å². The van der Waals surface area contributed by atoms with Crippen LogP contribution in [0.5, 0.6) is 0 Å². The fourth-order valence-corrected chi connectivity index (χ4v) is 12.3. The summed E-state index contributed by atoms with van der Waals surface area (Å²) in [5, 5.41) is 0. The Kier molecular flexibility index (Phi) is 10.1. The molecule has 0 amide bonds. The van der Waals surface area contributed by atoms with Gasteiger partial charge in [-0.15, -0.1) is 0 Å². The Hall–Kier alpha value is -6.58. The molecule has 0 unspecified atom stereocenters. The van der Waals surface area contributed by atoms with E-state index >= 15 is 0 Å². The van der Waals surface area contributed by atoms with Crippen molar-refractivity contribution < 1.29 is 0 Å². The van der Waals surface area contributed by atoms with Crippen LogP contribution in [0.15, 0.2) is 152 Å². The lowest BCUT2D eigenvalue weighted by molar-refractivity contribution is 0.590. The number of anilines is 5. The molecule has 2 aliphatic heterocycles. The van der Waals surface area contributed by atoms with E-state index in [1.54, 1.807) is 0 Å².